The summed E-state index contributed by atoms with van der Waals surface area (Å²) in [4.78, 5) is 15.5. The number of fused-ring (bicyclic) bond motifs is 2. The molecule has 4 atom stereocenters. The lowest BCUT2D eigenvalue weighted by atomic mass is 9.75. The van der Waals surface area contributed by atoms with Gasteiger partial charge in [-0.1, -0.05) is 59.7 Å². The van der Waals surface area contributed by atoms with Crippen LogP contribution in [0, 0.1) is 11.8 Å². The van der Waals surface area contributed by atoms with E-state index in [4.69, 9.17) is 15.0 Å². The predicted octanol–water partition coefficient (Wildman–Crippen LogP) is 8.48. The second-order valence-corrected chi connectivity index (χ2v) is 11.4. The molecule has 0 aromatic carbocycles. The van der Waals surface area contributed by atoms with Crippen molar-refractivity contribution in [2.75, 3.05) is 0 Å². The molecule has 3 heteroatoms. The quantitative estimate of drug-likeness (QED) is 0.397. The molecular weight excluding hydrogens is 414 g/mol. The highest BCUT2D eigenvalue weighted by Gasteiger charge is 2.30. The van der Waals surface area contributed by atoms with Gasteiger partial charge in [0.1, 0.15) is 0 Å². The molecule has 3 nitrogen and oxygen atoms in total. The van der Waals surface area contributed by atoms with Gasteiger partial charge in [-0.3, -0.25) is 9.97 Å². The van der Waals surface area contributed by atoms with Crippen molar-refractivity contribution in [1.82, 2.24) is 15.0 Å². The molecule has 0 N–H and O–H groups in total. The summed E-state index contributed by atoms with van der Waals surface area (Å²) in [6, 6.07) is 15.2. The Morgan fingerprint density at radius 2 is 0.971 bits per heavy atom. The molecule has 0 saturated carbocycles. The molecule has 0 unspecified atom stereocenters. The molecule has 2 aliphatic carbocycles. The summed E-state index contributed by atoms with van der Waals surface area (Å²) in [6.45, 7) is 14.0. The van der Waals surface area contributed by atoms with Crippen molar-refractivity contribution in [3.05, 3.63) is 65.0 Å². The van der Waals surface area contributed by atoms with Crippen molar-refractivity contribution in [2.24, 2.45) is 11.8 Å². The lowest BCUT2D eigenvalue weighted by molar-refractivity contribution is 0.401. The van der Waals surface area contributed by atoms with Crippen LogP contribution in [0.3, 0.4) is 0 Å². The van der Waals surface area contributed by atoms with Gasteiger partial charge in [0.15, 0.2) is 0 Å². The third kappa shape index (κ3) is 4.19. The van der Waals surface area contributed by atoms with Crippen molar-refractivity contribution in [2.45, 2.75) is 90.9 Å². The van der Waals surface area contributed by atoms with E-state index in [-0.39, 0.29) is 0 Å². The van der Waals surface area contributed by atoms with Crippen LogP contribution in [0.25, 0.3) is 22.8 Å². The summed E-state index contributed by atoms with van der Waals surface area (Å²) in [5, 5.41) is 0. The average Bonchev–Trinajstić information content (AvgIpc) is 2.83. The minimum Gasteiger partial charge on any atom is -0.251 e. The minimum absolute atomic E-state index is 0.534. The lowest BCUT2D eigenvalue weighted by Crippen LogP contribution is -2.19. The van der Waals surface area contributed by atoms with Gasteiger partial charge in [-0.2, -0.15) is 0 Å². The first kappa shape index (κ1) is 23.2. The van der Waals surface area contributed by atoms with Gasteiger partial charge >= 0.3 is 0 Å². The minimum atomic E-state index is 0.534. The molecule has 0 spiro atoms. The first-order valence-corrected chi connectivity index (χ1v) is 13.3. The van der Waals surface area contributed by atoms with Crippen LogP contribution >= 0.6 is 0 Å². The fourth-order valence-corrected chi connectivity index (χ4v) is 6.15. The van der Waals surface area contributed by atoms with E-state index in [1.807, 2.05) is 0 Å². The molecule has 0 bridgehead atoms. The van der Waals surface area contributed by atoms with E-state index in [0.717, 1.165) is 22.8 Å². The van der Waals surface area contributed by atoms with Crippen LogP contribution in [-0.2, 0) is 0 Å². The summed E-state index contributed by atoms with van der Waals surface area (Å²) in [5.41, 5.74) is 9.27. The van der Waals surface area contributed by atoms with Crippen LogP contribution in [-0.4, -0.2) is 15.0 Å². The van der Waals surface area contributed by atoms with Crippen LogP contribution in [0.2, 0.25) is 0 Å². The normalized spacial score (nSPS) is 24.2. The summed E-state index contributed by atoms with van der Waals surface area (Å²) >= 11 is 0. The maximum atomic E-state index is 5.20. The molecule has 0 amide bonds. The first-order chi connectivity index (χ1) is 16.3. The number of hydrogen-bond donors (Lipinski definition) is 0. The molecule has 0 radical (unpaired) electrons. The summed E-state index contributed by atoms with van der Waals surface area (Å²) in [6.07, 6.45) is 4.96. The van der Waals surface area contributed by atoms with Gasteiger partial charge in [0.25, 0.3) is 0 Å². The summed E-state index contributed by atoms with van der Waals surface area (Å²) in [5.74, 6) is 3.44. The second kappa shape index (κ2) is 9.24. The van der Waals surface area contributed by atoms with E-state index in [9.17, 15) is 0 Å². The van der Waals surface area contributed by atoms with Gasteiger partial charge in [-0.15, -0.1) is 0 Å². The Labute approximate surface area is 205 Å². The molecule has 0 saturated heterocycles. The largest absolute Gasteiger partial charge is 0.251 e. The lowest BCUT2D eigenvalue weighted by Gasteiger charge is -2.31. The number of rotatable bonds is 4. The molecule has 3 heterocycles. The number of aromatic nitrogens is 3. The third-order valence-electron chi connectivity index (χ3n) is 8.38. The predicted molar refractivity (Wildman–Crippen MR) is 141 cm³/mol. The Morgan fingerprint density at radius 3 is 1.38 bits per heavy atom. The Bertz CT molecular complexity index is 1090. The molecule has 178 valence electrons. The zero-order valence-corrected chi connectivity index (χ0v) is 21.7. The Morgan fingerprint density at radius 1 is 0.559 bits per heavy atom. The molecule has 34 heavy (non-hydrogen) atoms. The highest BCUT2D eigenvalue weighted by Crippen LogP contribution is 2.43. The van der Waals surface area contributed by atoms with Crippen molar-refractivity contribution in [1.29, 1.82) is 0 Å². The number of pyridine rings is 3. The van der Waals surface area contributed by atoms with Gasteiger partial charge in [0, 0.05) is 23.2 Å². The van der Waals surface area contributed by atoms with E-state index in [1.54, 1.807) is 0 Å². The van der Waals surface area contributed by atoms with E-state index in [0.29, 0.717) is 35.5 Å². The van der Waals surface area contributed by atoms with Crippen molar-refractivity contribution in [3.8, 4) is 22.8 Å². The monoisotopic (exact) mass is 453 g/mol. The van der Waals surface area contributed by atoms with Crippen LogP contribution in [0.4, 0.5) is 0 Å². The van der Waals surface area contributed by atoms with Gasteiger partial charge in [0.05, 0.1) is 22.8 Å². The van der Waals surface area contributed by atoms with Crippen molar-refractivity contribution < 1.29 is 0 Å². The topological polar surface area (TPSA) is 38.7 Å². The van der Waals surface area contributed by atoms with Gasteiger partial charge in [-0.05, 0) is 84.7 Å². The molecule has 0 fully saturated rings. The third-order valence-corrected chi connectivity index (χ3v) is 8.38. The average molecular weight is 454 g/mol. The van der Waals surface area contributed by atoms with E-state index in [2.05, 4.69) is 84.0 Å². The van der Waals surface area contributed by atoms with Crippen molar-refractivity contribution >= 4 is 0 Å². The number of hydrogen-bond acceptors (Lipinski definition) is 3. The molecule has 3 aromatic rings. The standard InChI is InChI=1S/C31H39N3/c1-18(2)22-12-10-20(5)24-14-16-28(33-30(22)24)26-8-7-9-27(32-26)29-17-15-25-21(6)11-13-23(19(3)4)31(25)34-29/h7-9,14-23H,10-13H2,1-6H3/t20-,21-,22+,23+/m1/s1. The van der Waals surface area contributed by atoms with Gasteiger partial charge < -0.3 is 0 Å². The smallest absolute Gasteiger partial charge is 0.0894 e. The highest BCUT2D eigenvalue weighted by atomic mass is 14.8. The van der Waals surface area contributed by atoms with E-state index < -0.39 is 0 Å². The van der Waals surface area contributed by atoms with Crippen LogP contribution < -0.4 is 0 Å². The maximum Gasteiger partial charge on any atom is 0.0894 e. The van der Waals surface area contributed by atoms with Crippen LogP contribution in [0.1, 0.15) is 113 Å². The van der Waals surface area contributed by atoms with E-state index >= 15 is 0 Å². The fourth-order valence-electron chi connectivity index (χ4n) is 6.15. The summed E-state index contributed by atoms with van der Waals surface area (Å²) in [7, 11) is 0. The fraction of sp³-hybridized carbons (Fsp3) is 0.516. The second-order valence-electron chi connectivity index (χ2n) is 11.4. The van der Waals surface area contributed by atoms with E-state index in [1.165, 1.54) is 48.2 Å². The first-order valence-electron chi connectivity index (χ1n) is 13.3. The molecule has 3 aromatic heterocycles. The Balaban J connectivity index is 1.53. The zero-order valence-electron chi connectivity index (χ0n) is 21.7. The van der Waals surface area contributed by atoms with Crippen LogP contribution in [0.15, 0.2) is 42.5 Å². The molecular formula is C31H39N3. The zero-order chi connectivity index (χ0) is 24.0. The summed E-state index contributed by atoms with van der Waals surface area (Å²) < 4.78 is 0. The Hall–Kier alpha value is -2.55. The SMILES string of the molecule is CC(C)[C@@H]1CC[C@@H](C)c2ccc(-c3cccc(-c4ccc5c(n4)[C@H](C(C)C)CC[C@H]5C)n3)nc21. The maximum absolute atomic E-state index is 5.20. The van der Waals surface area contributed by atoms with Gasteiger partial charge in [0.2, 0.25) is 0 Å². The van der Waals surface area contributed by atoms with Crippen LogP contribution in [0.5, 0.6) is 0 Å². The Kier molecular flexibility index (Phi) is 6.31. The number of nitrogens with zero attached hydrogens (tertiary/aromatic N) is 3. The van der Waals surface area contributed by atoms with Gasteiger partial charge in [-0.25, -0.2) is 4.98 Å². The molecule has 5 rings (SSSR count). The molecule has 2 aliphatic rings. The highest BCUT2D eigenvalue weighted by molar-refractivity contribution is 5.63. The van der Waals surface area contributed by atoms with Crippen molar-refractivity contribution in [3.63, 3.8) is 0 Å². The molecule has 0 aliphatic heterocycles.